The van der Waals surface area contributed by atoms with Crippen LogP contribution < -0.4 is 5.32 Å². The molecule has 23 heavy (non-hydrogen) atoms. The quantitative estimate of drug-likeness (QED) is 0.878. The molecule has 6 heteroatoms. The van der Waals surface area contributed by atoms with Gasteiger partial charge in [-0.05, 0) is 30.7 Å². The predicted molar refractivity (Wildman–Crippen MR) is 81.8 cm³/mol. The van der Waals surface area contributed by atoms with Crippen molar-refractivity contribution in [1.82, 2.24) is 15.2 Å². The van der Waals surface area contributed by atoms with Gasteiger partial charge in [0.05, 0.1) is 23.9 Å². The van der Waals surface area contributed by atoms with Crippen molar-refractivity contribution in [2.24, 2.45) is 0 Å². The van der Waals surface area contributed by atoms with Crippen LogP contribution in [0.5, 0.6) is 0 Å². The Morgan fingerprint density at radius 3 is 2.65 bits per heavy atom. The molecule has 0 bridgehead atoms. The molecule has 1 aliphatic heterocycles. The molecule has 1 atom stereocenters. The highest BCUT2D eigenvalue weighted by Crippen LogP contribution is 2.28. The molecule has 1 aliphatic rings. The number of pyridine rings is 1. The summed E-state index contributed by atoms with van der Waals surface area (Å²) in [5.41, 5.74) is 0.359. The van der Waals surface area contributed by atoms with Gasteiger partial charge in [-0.15, -0.1) is 0 Å². The van der Waals surface area contributed by atoms with Crippen molar-refractivity contribution in [3.05, 3.63) is 65.5 Å². The number of imide groups is 1. The zero-order valence-electron chi connectivity index (χ0n) is 12.5. The maximum absolute atomic E-state index is 12.8. The van der Waals surface area contributed by atoms with E-state index in [1.807, 2.05) is 0 Å². The van der Waals surface area contributed by atoms with Crippen LogP contribution >= 0.6 is 0 Å². The number of aromatic nitrogens is 1. The summed E-state index contributed by atoms with van der Waals surface area (Å²) in [6, 6.07) is 13.7. The molecule has 2 aromatic rings. The molecule has 1 N–H and O–H groups in total. The number of nitrogens with zero attached hydrogens (tertiary/aromatic N) is 3. The van der Waals surface area contributed by atoms with Gasteiger partial charge in [-0.3, -0.25) is 14.7 Å². The maximum atomic E-state index is 12.8. The number of urea groups is 1. The third-order valence-electron chi connectivity index (χ3n) is 3.92. The van der Waals surface area contributed by atoms with E-state index in [2.05, 4.69) is 16.4 Å². The summed E-state index contributed by atoms with van der Waals surface area (Å²) in [5.74, 6) is -0.381. The average molecular weight is 306 g/mol. The van der Waals surface area contributed by atoms with E-state index in [4.69, 9.17) is 5.26 Å². The minimum Gasteiger partial charge on any atom is -0.318 e. The van der Waals surface area contributed by atoms with Gasteiger partial charge in [0.15, 0.2) is 5.54 Å². The van der Waals surface area contributed by atoms with Crippen molar-refractivity contribution in [2.75, 3.05) is 0 Å². The molecule has 2 heterocycles. The van der Waals surface area contributed by atoms with E-state index in [1.165, 1.54) is 0 Å². The molecule has 0 saturated carbocycles. The molecular weight excluding hydrogens is 292 g/mol. The first-order valence-corrected chi connectivity index (χ1v) is 7.10. The van der Waals surface area contributed by atoms with Gasteiger partial charge in [-0.1, -0.05) is 24.3 Å². The highest BCUT2D eigenvalue weighted by molar-refractivity contribution is 6.06. The third kappa shape index (κ3) is 2.42. The molecule has 3 rings (SSSR count). The van der Waals surface area contributed by atoms with E-state index in [1.54, 1.807) is 55.6 Å². The molecule has 0 aliphatic carbocycles. The van der Waals surface area contributed by atoms with Crippen LogP contribution in [0.1, 0.15) is 23.7 Å². The van der Waals surface area contributed by atoms with E-state index < -0.39 is 11.6 Å². The number of nitrogens with one attached hydrogen (secondary N) is 1. The first-order chi connectivity index (χ1) is 11.1. The van der Waals surface area contributed by atoms with Crippen LogP contribution in [0.2, 0.25) is 0 Å². The van der Waals surface area contributed by atoms with Gasteiger partial charge >= 0.3 is 6.03 Å². The summed E-state index contributed by atoms with van der Waals surface area (Å²) in [5, 5.41) is 11.8. The molecule has 114 valence electrons. The summed E-state index contributed by atoms with van der Waals surface area (Å²) in [7, 11) is 0. The van der Waals surface area contributed by atoms with Crippen LogP contribution in [0.3, 0.4) is 0 Å². The summed E-state index contributed by atoms with van der Waals surface area (Å²) >= 11 is 0. The summed E-state index contributed by atoms with van der Waals surface area (Å²) in [6.45, 7) is 1.68. The second-order valence-electron chi connectivity index (χ2n) is 5.43. The van der Waals surface area contributed by atoms with Gasteiger partial charge in [0.25, 0.3) is 5.91 Å². The van der Waals surface area contributed by atoms with Crippen molar-refractivity contribution in [2.45, 2.75) is 19.0 Å². The number of rotatable bonds is 3. The van der Waals surface area contributed by atoms with Crippen LogP contribution in [-0.2, 0) is 16.9 Å². The second-order valence-corrected chi connectivity index (χ2v) is 5.43. The molecule has 0 spiro atoms. The van der Waals surface area contributed by atoms with Crippen molar-refractivity contribution < 1.29 is 9.59 Å². The van der Waals surface area contributed by atoms with Gasteiger partial charge in [0, 0.05) is 6.20 Å². The number of carbonyl (C=O) groups excluding carboxylic acids is 2. The lowest BCUT2D eigenvalue weighted by atomic mass is 9.97. The van der Waals surface area contributed by atoms with Crippen LogP contribution in [0.15, 0.2) is 48.7 Å². The summed E-state index contributed by atoms with van der Waals surface area (Å²) in [4.78, 5) is 30.3. The van der Waals surface area contributed by atoms with Gasteiger partial charge in [0.2, 0.25) is 0 Å². The van der Waals surface area contributed by atoms with Crippen LogP contribution in [0.25, 0.3) is 0 Å². The maximum Gasteiger partial charge on any atom is 0.325 e. The lowest BCUT2D eigenvalue weighted by Gasteiger charge is -2.21. The Balaban J connectivity index is 1.92. The largest absolute Gasteiger partial charge is 0.325 e. The fraction of sp³-hybridized carbons (Fsp3) is 0.176. The zero-order valence-corrected chi connectivity index (χ0v) is 12.5. The Bertz CT molecular complexity index is 813. The standard InChI is InChI=1S/C17H14N4O2/c1-17(14-8-4-5-9-19-14)15(22)21(16(23)20-17)11-13-7-3-2-6-12(13)10-18/h2-9H,11H2,1H3,(H,20,23)/t17-/m1/s1. The minimum absolute atomic E-state index is 0.0524. The van der Waals surface area contributed by atoms with E-state index >= 15 is 0 Å². The Morgan fingerprint density at radius 1 is 1.22 bits per heavy atom. The number of hydrogen-bond acceptors (Lipinski definition) is 4. The van der Waals surface area contributed by atoms with Crippen molar-refractivity contribution in [1.29, 1.82) is 5.26 Å². The van der Waals surface area contributed by atoms with Gasteiger partial charge in [0.1, 0.15) is 0 Å². The monoisotopic (exact) mass is 306 g/mol. The first kappa shape index (κ1) is 14.7. The third-order valence-corrected chi connectivity index (χ3v) is 3.92. The van der Waals surface area contributed by atoms with E-state index in [0.717, 1.165) is 4.90 Å². The second kappa shape index (κ2) is 5.54. The lowest BCUT2D eigenvalue weighted by Crippen LogP contribution is -2.41. The number of benzene rings is 1. The van der Waals surface area contributed by atoms with Gasteiger partial charge in [-0.25, -0.2) is 4.79 Å². The summed E-state index contributed by atoms with van der Waals surface area (Å²) in [6.07, 6.45) is 1.58. The number of nitriles is 1. The Labute approximate surface area is 133 Å². The Hall–Kier alpha value is -3.20. The van der Waals surface area contributed by atoms with E-state index in [9.17, 15) is 9.59 Å². The molecular formula is C17H14N4O2. The molecule has 1 aromatic carbocycles. The highest BCUT2D eigenvalue weighted by atomic mass is 16.2. The van der Waals surface area contributed by atoms with Crippen molar-refractivity contribution in [3.63, 3.8) is 0 Å². The molecule has 6 nitrogen and oxygen atoms in total. The van der Waals surface area contributed by atoms with Gasteiger partial charge < -0.3 is 5.32 Å². The molecule has 1 saturated heterocycles. The lowest BCUT2D eigenvalue weighted by molar-refractivity contribution is -0.131. The van der Waals surface area contributed by atoms with Crippen LogP contribution in [0.4, 0.5) is 4.79 Å². The topological polar surface area (TPSA) is 86.1 Å². The van der Waals surface area contributed by atoms with E-state index in [0.29, 0.717) is 16.8 Å². The molecule has 3 amide bonds. The highest BCUT2D eigenvalue weighted by Gasteiger charge is 2.49. The predicted octanol–water partition coefficient (Wildman–Crippen LogP) is 1.92. The Kier molecular flexibility index (Phi) is 3.54. The normalized spacial score (nSPS) is 20.3. The van der Waals surface area contributed by atoms with Crippen LogP contribution in [-0.4, -0.2) is 21.8 Å². The molecule has 0 unspecified atom stereocenters. The Morgan fingerprint density at radius 2 is 1.96 bits per heavy atom. The smallest absolute Gasteiger partial charge is 0.318 e. The molecule has 0 radical (unpaired) electrons. The molecule has 1 aromatic heterocycles. The first-order valence-electron chi connectivity index (χ1n) is 7.10. The SMILES string of the molecule is C[C@]1(c2ccccn2)NC(=O)N(Cc2ccccc2C#N)C1=O. The van der Waals surface area contributed by atoms with Gasteiger partial charge in [-0.2, -0.15) is 5.26 Å². The minimum atomic E-state index is -1.19. The zero-order chi connectivity index (χ0) is 16.4. The molecule has 1 fully saturated rings. The summed E-state index contributed by atoms with van der Waals surface area (Å²) < 4.78 is 0. The van der Waals surface area contributed by atoms with Crippen LogP contribution in [0, 0.1) is 11.3 Å². The average Bonchev–Trinajstić information content (AvgIpc) is 2.80. The number of carbonyl (C=O) groups is 2. The van der Waals surface area contributed by atoms with Crippen molar-refractivity contribution >= 4 is 11.9 Å². The number of hydrogen-bond donors (Lipinski definition) is 1. The van der Waals surface area contributed by atoms with E-state index in [-0.39, 0.29) is 12.5 Å². The number of amides is 3. The van der Waals surface area contributed by atoms with Crippen molar-refractivity contribution in [3.8, 4) is 6.07 Å². The fourth-order valence-corrected chi connectivity index (χ4v) is 2.61. The fourth-order valence-electron chi connectivity index (χ4n) is 2.61.